The van der Waals surface area contributed by atoms with Gasteiger partial charge in [-0.25, -0.2) is 4.98 Å². The molecule has 2 aromatic rings. The number of aromatic nitrogens is 1. The number of rotatable bonds is 3. The molecule has 3 amide bonds. The van der Waals surface area contributed by atoms with Crippen LogP contribution >= 0.6 is 11.3 Å². The maximum absolute atomic E-state index is 13.3. The van der Waals surface area contributed by atoms with Crippen molar-refractivity contribution in [1.82, 2.24) is 9.88 Å². The minimum absolute atomic E-state index is 0.158. The summed E-state index contributed by atoms with van der Waals surface area (Å²) in [4.78, 5) is 46.3. The third kappa shape index (κ3) is 2.18. The van der Waals surface area contributed by atoms with Gasteiger partial charge in [0.05, 0.1) is 16.9 Å². The lowest BCUT2D eigenvalue weighted by atomic mass is 9.95. The molecule has 0 bridgehead atoms. The van der Waals surface area contributed by atoms with E-state index < -0.39 is 11.6 Å². The fraction of sp³-hybridized carbons (Fsp3) is 0.333. The number of fused-ring (bicyclic) bond motifs is 3. The largest absolute Gasteiger partial charge is 0.307 e. The van der Waals surface area contributed by atoms with Crippen LogP contribution in [0, 0.1) is 6.92 Å². The van der Waals surface area contributed by atoms with E-state index in [-0.39, 0.29) is 24.7 Å². The second-order valence-electron chi connectivity index (χ2n) is 6.36. The van der Waals surface area contributed by atoms with Crippen molar-refractivity contribution in [2.24, 2.45) is 0 Å². The van der Waals surface area contributed by atoms with E-state index in [1.165, 1.54) is 21.1 Å². The van der Waals surface area contributed by atoms with Crippen LogP contribution in [-0.4, -0.2) is 39.8 Å². The highest BCUT2D eigenvalue weighted by Crippen LogP contribution is 2.44. The molecule has 134 valence electrons. The van der Waals surface area contributed by atoms with Gasteiger partial charge in [-0.1, -0.05) is 12.1 Å². The van der Waals surface area contributed by atoms with Gasteiger partial charge in [-0.05, 0) is 26.0 Å². The third-order valence-electron chi connectivity index (χ3n) is 4.89. The van der Waals surface area contributed by atoms with E-state index in [1.807, 2.05) is 19.2 Å². The lowest BCUT2D eigenvalue weighted by molar-refractivity contribution is -0.128. The first kappa shape index (κ1) is 16.7. The Kier molecular flexibility index (Phi) is 3.80. The molecule has 1 aromatic carbocycles. The fourth-order valence-electron chi connectivity index (χ4n) is 3.81. The number of nitrogens with zero attached hydrogens (tertiary/aromatic N) is 3. The van der Waals surface area contributed by atoms with Gasteiger partial charge in [0.1, 0.15) is 0 Å². The molecule has 1 fully saturated rings. The molecule has 2 aliphatic rings. The van der Waals surface area contributed by atoms with Crippen LogP contribution in [0.4, 0.5) is 10.8 Å². The lowest BCUT2D eigenvalue weighted by Gasteiger charge is -2.48. The molecule has 0 saturated carbocycles. The standard InChI is InChI=1S/C18H18N4O3S/c1-3-21-15(24)12-6-4-5-7-13(12)22-14(23)8-9-18(21,22)16(25)20-17-19-11(2)10-26-17/h4-7,10H,3,8-9H2,1-2H3,(H,19,20,25)/t18-/m1/s1. The number of amides is 3. The maximum Gasteiger partial charge on any atom is 0.273 e. The Labute approximate surface area is 154 Å². The molecule has 0 radical (unpaired) electrons. The summed E-state index contributed by atoms with van der Waals surface area (Å²) in [7, 11) is 0. The monoisotopic (exact) mass is 370 g/mol. The Morgan fingerprint density at radius 3 is 2.81 bits per heavy atom. The highest BCUT2D eigenvalue weighted by Gasteiger charge is 2.60. The van der Waals surface area contributed by atoms with E-state index in [1.54, 1.807) is 24.3 Å². The average Bonchev–Trinajstić information content (AvgIpc) is 3.19. The molecule has 1 N–H and O–H groups in total. The second-order valence-corrected chi connectivity index (χ2v) is 7.22. The summed E-state index contributed by atoms with van der Waals surface area (Å²) < 4.78 is 0. The Bertz CT molecular complexity index is 925. The predicted molar refractivity (Wildman–Crippen MR) is 98.1 cm³/mol. The number of aryl methyl sites for hydroxylation is 1. The Balaban J connectivity index is 1.85. The lowest BCUT2D eigenvalue weighted by Crippen LogP contribution is -2.69. The highest BCUT2D eigenvalue weighted by atomic mass is 32.1. The SMILES string of the molecule is CCN1C(=O)c2ccccc2N2C(=O)CC[C@@]12C(=O)Nc1nc(C)cs1. The summed E-state index contributed by atoms with van der Waals surface area (Å²) >= 11 is 1.32. The van der Waals surface area contributed by atoms with Gasteiger partial charge in [-0.3, -0.25) is 24.6 Å². The molecule has 26 heavy (non-hydrogen) atoms. The van der Waals surface area contributed by atoms with E-state index in [9.17, 15) is 14.4 Å². The highest BCUT2D eigenvalue weighted by molar-refractivity contribution is 7.13. The number of benzene rings is 1. The number of carbonyl (C=O) groups excluding carboxylic acids is 3. The zero-order valence-corrected chi connectivity index (χ0v) is 15.3. The maximum atomic E-state index is 13.3. The molecular formula is C18H18N4O3S. The minimum atomic E-state index is -1.35. The van der Waals surface area contributed by atoms with Crippen LogP contribution in [0.25, 0.3) is 0 Å². The van der Waals surface area contributed by atoms with E-state index >= 15 is 0 Å². The van der Waals surface area contributed by atoms with Crippen molar-refractivity contribution in [2.45, 2.75) is 32.4 Å². The second kappa shape index (κ2) is 5.91. The molecule has 7 nitrogen and oxygen atoms in total. The molecule has 3 heterocycles. The van der Waals surface area contributed by atoms with Crippen molar-refractivity contribution in [3.8, 4) is 0 Å². The van der Waals surface area contributed by atoms with Crippen LogP contribution < -0.4 is 10.2 Å². The van der Waals surface area contributed by atoms with Gasteiger partial charge in [0.2, 0.25) is 11.6 Å². The first-order valence-corrected chi connectivity index (χ1v) is 9.34. The molecule has 0 spiro atoms. The summed E-state index contributed by atoms with van der Waals surface area (Å²) in [6.07, 6.45) is 0.471. The third-order valence-corrected chi connectivity index (χ3v) is 5.77. The van der Waals surface area contributed by atoms with Crippen LogP contribution in [0.5, 0.6) is 0 Å². The van der Waals surface area contributed by atoms with Crippen LogP contribution in [0.1, 0.15) is 35.8 Å². The number of hydrogen-bond donors (Lipinski definition) is 1. The van der Waals surface area contributed by atoms with Gasteiger partial charge < -0.3 is 4.90 Å². The zero-order valence-electron chi connectivity index (χ0n) is 14.5. The quantitative estimate of drug-likeness (QED) is 0.899. The van der Waals surface area contributed by atoms with Crippen molar-refractivity contribution >= 4 is 39.9 Å². The first-order valence-electron chi connectivity index (χ1n) is 8.46. The zero-order chi connectivity index (χ0) is 18.5. The summed E-state index contributed by atoms with van der Waals surface area (Å²) in [5.74, 6) is -0.796. The number of hydrogen-bond acceptors (Lipinski definition) is 5. The van der Waals surface area contributed by atoms with Gasteiger partial charge >= 0.3 is 0 Å². The number of anilines is 2. The molecule has 8 heteroatoms. The van der Waals surface area contributed by atoms with Crippen molar-refractivity contribution < 1.29 is 14.4 Å². The summed E-state index contributed by atoms with van der Waals surface area (Å²) in [5, 5.41) is 5.11. The topological polar surface area (TPSA) is 82.6 Å². The van der Waals surface area contributed by atoms with Crippen molar-refractivity contribution in [2.75, 3.05) is 16.8 Å². The normalized spacial score (nSPS) is 21.6. The van der Waals surface area contributed by atoms with E-state index in [4.69, 9.17) is 0 Å². The van der Waals surface area contributed by atoms with Crippen LogP contribution in [0.3, 0.4) is 0 Å². The predicted octanol–water partition coefficient (Wildman–Crippen LogP) is 2.39. The molecule has 1 aromatic heterocycles. The number of likely N-dealkylation sites (N-methyl/N-ethyl adjacent to an activating group) is 1. The van der Waals surface area contributed by atoms with Crippen LogP contribution in [0.2, 0.25) is 0 Å². The Morgan fingerprint density at radius 1 is 1.35 bits per heavy atom. The van der Waals surface area contributed by atoms with E-state index in [0.29, 0.717) is 22.9 Å². The van der Waals surface area contributed by atoms with Gasteiger partial charge in [-0.2, -0.15) is 0 Å². The van der Waals surface area contributed by atoms with Gasteiger partial charge in [-0.15, -0.1) is 11.3 Å². The summed E-state index contributed by atoms with van der Waals surface area (Å²) in [6, 6.07) is 6.94. The first-order chi connectivity index (χ1) is 12.5. The molecule has 2 aliphatic heterocycles. The van der Waals surface area contributed by atoms with Crippen LogP contribution in [0.15, 0.2) is 29.6 Å². The van der Waals surface area contributed by atoms with Crippen molar-refractivity contribution in [1.29, 1.82) is 0 Å². The van der Waals surface area contributed by atoms with Gasteiger partial charge in [0.25, 0.3) is 11.8 Å². The Hall–Kier alpha value is -2.74. The molecule has 1 saturated heterocycles. The van der Waals surface area contributed by atoms with E-state index in [2.05, 4.69) is 10.3 Å². The van der Waals surface area contributed by atoms with Crippen molar-refractivity contribution in [3.63, 3.8) is 0 Å². The summed E-state index contributed by atoms with van der Waals surface area (Å²) in [6.45, 7) is 3.98. The average molecular weight is 370 g/mol. The van der Waals surface area contributed by atoms with Gasteiger partial charge in [0.15, 0.2) is 5.13 Å². The van der Waals surface area contributed by atoms with Crippen LogP contribution in [-0.2, 0) is 9.59 Å². The molecule has 4 rings (SSSR count). The smallest absolute Gasteiger partial charge is 0.273 e. The van der Waals surface area contributed by atoms with Crippen molar-refractivity contribution in [3.05, 3.63) is 40.9 Å². The number of para-hydroxylation sites is 1. The minimum Gasteiger partial charge on any atom is -0.307 e. The molecular weight excluding hydrogens is 352 g/mol. The molecule has 0 aliphatic carbocycles. The van der Waals surface area contributed by atoms with Gasteiger partial charge in [0, 0.05) is 24.8 Å². The number of carbonyl (C=O) groups is 3. The molecule has 1 atom stereocenters. The summed E-state index contributed by atoms with van der Waals surface area (Å²) in [5.41, 5.74) is 0.393. The fourth-order valence-corrected chi connectivity index (χ4v) is 4.50. The number of thiazole rings is 1. The number of nitrogens with one attached hydrogen (secondary N) is 1. The Morgan fingerprint density at radius 2 is 2.12 bits per heavy atom. The van der Waals surface area contributed by atoms with E-state index in [0.717, 1.165) is 5.69 Å². The molecule has 0 unspecified atom stereocenters.